The summed E-state index contributed by atoms with van der Waals surface area (Å²) >= 11 is 0. The van der Waals surface area contributed by atoms with E-state index < -0.39 is 12.1 Å². The molecule has 0 saturated heterocycles. The number of carboxylic acid groups (broad SMARTS) is 1. The average molecular weight is 348 g/mol. The van der Waals surface area contributed by atoms with Crippen LogP contribution in [0.3, 0.4) is 0 Å². The van der Waals surface area contributed by atoms with Gasteiger partial charge in [0.05, 0.1) is 0 Å². The van der Waals surface area contributed by atoms with Crippen molar-refractivity contribution in [3.05, 3.63) is 102 Å². The van der Waals surface area contributed by atoms with Crippen molar-refractivity contribution in [2.24, 2.45) is 0 Å². The summed E-state index contributed by atoms with van der Waals surface area (Å²) in [4.78, 5) is 10.8. The topological polar surface area (TPSA) is 66.8 Å². The van der Waals surface area contributed by atoms with Crippen LogP contribution in [0.5, 0.6) is 5.75 Å². The van der Waals surface area contributed by atoms with Crippen molar-refractivity contribution in [3.8, 4) is 5.75 Å². The van der Waals surface area contributed by atoms with Gasteiger partial charge in [-0.05, 0) is 28.8 Å². The number of aliphatic hydroxyl groups is 1. The zero-order valence-electron chi connectivity index (χ0n) is 14.2. The highest BCUT2D eigenvalue weighted by molar-refractivity contribution is 5.72. The lowest BCUT2D eigenvalue weighted by Crippen LogP contribution is -2.21. The normalized spacial score (nSPS) is 11.9. The Labute approximate surface area is 152 Å². The smallest absolute Gasteiger partial charge is 0.332 e. The summed E-state index contributed by atoms with van der Waals surface area (Å²) < 4.78 is 6.22. The number of aliphatic carboxylic acids is 1. The van der Waals surface area contributed by atoms with E-state index in [1.54, 1.807) is 24.3 Å². The highest BCUT2D eigenvalue weighted by atomic mass is 16.5. The Morgan fingerprint density at radius 2 is 1.31 bits per heavy atom. The lowest BCUT2D eigenvalue weighted by atomic mass is 10.0. The molecule has 2 N–H and O–H groups in total. The van der Waals surface area contributed by atoms with E-state index >= 15 is 0 Å². The molecule has 0 fully saturated rings. The molecule has 0 saturated carbocycles. The van der Waals surface area contributed by atoms with Crippen molar-refractivity contribution in [2.75, 3.05) is 0 Å². The van der Waals surface area contributed by atoms with Crippen molar-refractivity contribution < 1.29 is 19.7 Å². The fourth-order valence-corrected chi connectivity index (χ4v) is 2.73. The van der Waals surface area contributed by atoms with Crippen molar-refractivity contribution in [1.29, 1.82) is 0 Å². The summed E-state index contributed by atoms with van der Waals surface area (Å²) in [5.74, 6) is -0.546. The number of carboxylic acids is 1. The van der Waals surface area contributed by atoms with Gasteiger partial charge >= 0.3 is 5.97 Å². The maximum absolute atomic E-state index is 10.8. The molecule has 26 heavy (non-hydrogen) atoms. The first kappa shape index (κ1) is 17.7. The number of benzene rings is 3. The number of hydrogen-bond donors (Lipinski definition) is 2. The molecule has 1 unspecified atom stereocenters. The largest absolute Gasteiger partial charge is 0.481 e. The van der Waals surface area contributed by atoms with E-state index in [4.69, 9.17) is 9.84 Å². The lowest BCUT2D eigenvalue weighted by molar-refractivity contribution is -0.146. The minimum Gasteiger partial charge on any atom is -0.481 e. The first-order valence-corrected chi connectivity index (χ1v) is 8.40. The summed E-state index contributed by atoms with van der Waals surface area (Å²) in [6, 6.07) is 27.1. The minimum atomic E-state index is -1.40. The number of ether oxygens (including phenoxy) is 1. The second kappa shape index (κ2) is 8.32. The first-order chi connectivity index (χ1) is 12.6. The average Bonchev–Trinajstić information content (AvgIpc) is 2.68. The molecule has 0 bridgehead atoms. The molecule has 0 spiro atoms. The molecule has 1 atom stereocenters. The van der Waals surface area contributed by atoms with E-state index in [0.29, 0.717) is 5.75 Å². The van der Waals surface area contributed by atoms with E-state index in [-0.39, 0.29) is 12.5 Å². The van der Waals surface area contributed by atoms with Crippen LogP contribution >= 0.6 is 0 Å². The van der Waals surface area contributed by atoms with Gasteiger partial charge in [0.2, 0.25) is 0 Å². The number of carbonyl (C=O) groups is 1. The Morgan fingerprint density at radius 1 is 0.808 bits per heavy atom. The molecule has 0 aliphatic rings. The van der Waals surface area contributed by atoms with Gasteiger partial charge in [-0.25, -0.2) is 4.79 Å². The highest BCUT2D eigenvalue weighted by Crippen LogP contribution is 2.28. The molecule has 0 radical (unpaired) electrons. The molecular formula is C22H20O4. The zero-order chi connectivity index (χ0) is 18.4. The van der Waals surface area contributed by atoms with Crippen LogP contribution in [0.15, 0.2) is 84.9 Å². The van der Waals surface area contributed by atoms with Crippen LogP contribution in [0.4, 0.5) is 0 Å². The Balaban J connectivity index is 1.80. The third kappa shape index (κ3) is 4.49. The molecule has 0 aliphatic carbocycles. The summed E-state index contributed by atoms with van der Waals surface area (Å²) in [7, 11) is 0. The maximum atomic E-state index is 10.8. The molecule has 4 nitrogen and oxygen atoms in total. The van der Waals surface area contributed by atoms with E-state index in [2.05, 4.69) is 0 Å². The Kier molecular flexibility index (Phi) is 5.66. The molecule has 0 aliphatic heterocycles. The van der Waals surface area contributed by atoms with Gasteiger partial charge in [-0.1, -0.05) is 72.8 Å². The summed E-state index contributed by atoms with van der Waals surface area (Å²) in [6.45, 7) is 0. The van der Waals surface area contributed by atoms with Crippen LogP contribution in [-0.2, 0) is 11.2 Å². The number of aliphatic hydroxyl groups excluding tert-OH is 1. The molecule has 4 heteroatoms. The van der Waals surface area contributed by atoms with E-state index in [0.717, 1.165) is 16.7 Å². The van der Waals surface area contributed by atoms with Gasteiger partial charge in [0, 0.05) is 6.42 Å². The number of hydrogen-bond acceptors (Lipinski definition) is 3. The Morgan fingerprint density at radius 3 is 1.77 bits per heavy atom. The van der Waals surface area contributed by atoms with Crippen molar-refractivity contribution >= 4 is 5.97 Å². The first-order valence-electron chi connectivity index (χ1n) is 8.40. The van der Waals surface area contributed by atoms with Gasteiger partial charge < -0.3 is 14.9 Å². The fourth-order valence-electron chi connectivity index (χ4n) is 2.73. The second-order valence-corrected chi connectivity index (χ2v) is 6.02. The van der Waals surface area contributed by atoms with E-state index in [9.17, 15) is 9.90 Å². The third-order valence-corrected chi connectivity index (χ3v) is 4.10. The Bertz CT molecular complexity index is 790. The van der Waals surface area contributed by atoms with Gasteiger partial charge in [-0.3, -0.25) is 0 Å². The molecule has 3 aromatic carbocycles. The second-order valence-electron chi connectivity index (χ2n) is 6.02. The Hall–Kier alpha value is -3.11. The predicted molar refractivity (Wildman–Crippen MR) is 99.1 cm³/mol. The van der Waals surface area contributed by atoms with Crippen LogP contribution in [0.25, 0.3) is 0 Å². The van der Waals surface area contributed by atoms with Crippen LogP contribution in [-0.4, -0.2) is 22.3 Å². The molecule has 132 valence electrons. The molecule has 3 aromatic rings. The SMILES string of the molecule is O=C(O)C(O)Cc1ccc(OC(c2ccccc2)c2ccccc2)cc1. The monoisotopic (exact) mass is 348 g/mol. The number of rotatable bonds is 7. The van der Waals surface area contributed by atoms with Crippen molar-refractivity contribution in [2.45, 2.75) is 18.6 Å². The van der Waals surface area contributed by atoms with E-state index in [1.807, 2.05) is 60.7 Å². The molecule has 0 heterocycles. The van der Waals surface area contributed by atoms with Gasteiger partial charge in [-0.2, -0.15) is 0 Å². The van der Waals surface area contributed by atoms with Gasteiger partial charge in [-0.15, -0.1) is 0 Å². The fraction of sp³-hybridized carbons (Fsp3) is 0.136. The van der Waals surface area contributed by atoms with E-state index in [1.165, 1.54) is 0 Å². The molecule has 0 aromatic heterocycles. The standard InChI is InChI=1S/C22H20O4/c23-20(22(24)25)15-16-11-13-19(14-12-16)26-21(17-7-3-1-4-8-17)18-9-5-2-6-10-18/h1-14,20-21,23H,15H2,(H,24,25). The quantitative estimate of drug-likeness (QED) is 0.681. The predicted octanol–water partition coefficient (Wildman–Crippen LogP) is 3.84. The van der Waals surface area contributed by atoms with Crippen LogP contribution in [0.1, 0.15) is 22.8 Å². The summed E-state index contributed by atoms with van der Waals surface area (Å²) in [5.41, 5.74) is 2.83. The van der Waals surface area contributed by atoms with Gasteiger partial charge in [0.15, 0.2) is 6.10 Å². The summed E-state index contributed by atoms with van der Waals surface area (Å²) in [5, 5.41) is 18.3. The molecular weight excluding hydrogens is 328 g/mol. The summed E-state index contributed by atoms with van der Waals surface area (Å²) in [6.07, 6.45) is -1.58. The maximum Gasteiger partial charge on any atom is 0.332 e. The molecule has 3 rings (SSSR count). The van der Waals surface area contributed by atoms with Crippen LogP contribution in [0, 0.1) is 0 Å². The van der Waals surface area contributed by atoms with Gasteiger partial charge in [0.25, 0.3) is 0 Å². The third-order valence-electron chi connectivity index (χ3n) is 4.10. The lowest BCUT2D eigenvalue weighted by Gasteiger charge is -2.20. The zero-order valence-corrected chi connectivity index (χ0v) is 14.2. The minimum absolute atomic E-state index is 0.0659. The van der Waals surface area contributed by atoms with Gasteiger partial charge in [0.1, 0.15) is 11.9 Å². The van der Waals surface area contributed by atoms with Crippen molar-refractivity contribution in [3.63, 3.8) is 0 Å². The highest BCUT2D eigenvalue weighted by Gasteiger charge is 2.17. The molecule has 0 amide bonds. The van der Waals surface area contributed by atoms with Crippen molar-refractivity contribution in [1.82, 2.24) is 0 Å². The van der Waals surface area contributed by atoms with Crippen LogP contribution < -0.4 is 4.74 Å². The van der Waals surface area contributed by atoms with Crippen LogP contribution in [0.2, 0.25) is 0 Å².